The van der Waals surface area contributed by atoms with E-state index in [1.807, 2.05) is 54.0 Å². The molecule has 1 amide bonds. The van der Waals surface area contributed by atoms with Gasteiger partial charge in [-0.1, -0.05) is 24.3 Å². The molecule has 1 aliphatic rings. The highest BCUT2D eigenvalue weighted by molar-refractivity contribution is 5.94. The summed E-state index contributed by atoms with van der Waals surface area (Å²) in [5, 5.41) is 6.89. The monoisotopic (exact) mass is 399 g/mol. The van der Waals surface area contributed by atoms with Crippen molar-refractivity contribution in [3.8, 4) is 11.1 Å². The van der Waals surface area contributed by atoms with Crippen LogP contribution < -0.4 is 0 Å². The standard InChI is InChI=1S/C24H25N5O/c1-17-11-18(9-10-29(17)24(30)19-5-3-2-4-6-19)15-28-16-25-22-12-20(7-8-23(22)28)21-13-26-27-14-21/h2-8,12-14,16-18H,9-11,15H2,1H3,(H,26,27). The average molecular weight is 399 g/mol. The van der Waals surface area contributed by atoms with E-state index in [4.69, 9.17) is 0 Å². The molecule has 152 valence electrons. The number of fused-ring (bicyclic) bond motifs is 1. The molecule has 0 spiro atoms. The molecule has 2 aromatic carbocycles. The van der Waals surface area contributed by atoms with Crippen LogP contribution >= 0.6 is 0 Å². The third-order valence-corrected chi connectivity index (χ3v) is 6.17. The lowest BCUT2D eigenvalue weighted by atomic mass is 9.91. The van der Waals surface area contributed by atoms with E-state index < -0.39 is 0 Å². The van der Waals surface area contributed by atoms with E-state index in [9.17, 15) is 4.79 Å². The van der Waals surface area contributed by atoms with E-state index in [0.29, 0.717) is 5.92 Å². The first-order valence-electron chi connectivity index (χ1n) is 10.5. The van der Waals surface area contributed by atoms with Gasteiger partial charge in [0.15, 0.2) is 0 Å². The summed E-state index contributed by atoms with van der Waals surface area (Å²) < 4.78 is 2.25. The van der Waals surface area contributed by atoms with Crippen LogP contribution in [-0.2, 0) is 6.54 Å². The number of benzene rings is 2. The number of rotatable bonds is 4. The predicted molar refractivity (Wildman–Crippen MR) is 117 cm³/mol. The minimum Gasteiger partial charge on any atom is -0.336 e. The Hall–Kier alpha value is -3.41. The lowest BCUT2D eigenvalue weighted by Gasteiger charge is -2.38. The maximum atomic E-state index is 12.8. The van der Waals surface area contributed by atoms with Crippen molar-refractivity contribution in [2.24, 2.45) is 5.92 Å². The largest absolute Gasteiger partial charge is 0.336 e. The number of hydrogen-bond acceptors (Lipinski definition) is 3. The van der Waals surface area contributed by atoms with Crippen molar-refractivity contribution in [2.45, 2.75) is 32.4 Å². The number of nitrogens with zero attached hydrogens (tertiary/aromatic N) is 4. The van der Waals surface area contributed by atoms with Crippen LogP contribution in [0.1, 0.15) is 30.1 Å². The Kier molecular flexibility index (Phi) is 4.83. The van der Waals surface area contributed by atoms with Crippen LogP contribution in [-0.4, -0.2) is 43.1 Å². The highest BCUT2D eigenvalue weighted by Crippen LogP contribution is 2.28. The minimum absolute atomic E-state index is 0.140. The molecule has 3 heterocycles. The molecule has 0 saturated carbocycles. The zero-order valence-corrected chi connectivity index (χ0v) is 17.0. The van der Waals surface area contributed by atoms with Crippen LogP contribution in [0.4, 0.5) is 0 Å². The van der Waals surface area contributed by atoms with Gasteiger partial charge in [0.1, 0.15) is 0 Å². The molecule has 2 atom stereocenters. The van der Waals surface area contributed by atoms with Crippen LogP contribution in [0.25, 0.3) is 22.2 Å². The number of likely N-dealkylation sites (tertiary alicyclic amines) is 1. The highest BCUT2D eigenvalue weighted by Gasteiger charge is 2.29. The number of H-pyrrole nitrogens is 1. The highest BCUT2D eigenvalue weighted by atomic mass is 16.2. The van der Waals surface area contributed by atoms with Crippen molar-refractivity contribution in [1.29, 1.82) is 0 Å². The summed E-state index contributed by atoms with van der Waals surface area (Å²) in [4.78, 5) is 19.5. The van der Waals surface area contributed by atoms with Gasteiger partial charge in [-0.3, -0.25) is 9.89 Å². The second-order valence-electron chi connectivity index (χ2n) is 8.19. The van der Waals surface area contributed by atoms with Gasteiger partial charge in [0.05, 0.1) is 23.6 Å². The van der Waals surface area contributed by atoms with Crippen LogP contribution in [0, 0.1) is 5.92 Å². The summed E-state index contributed by atoms with van der Waals surface area (Å²) in [7, 11) is 0. The fourth-order valence-electron chi connectivity index (χ4n) is 4.56. The van der Waals surface area contributed by atoms with Crippen LogP contribution in [0.2, 0.25) is 0 Å². The van der Waals surface area contributed by atoms with E-state index >= 15 is 0 Å². The van der Waals surface area contributed by atoms with Gasteiger partial charge >= 0.3 is 0 Å². The summed E-state index contributed by atoms with van der Waals surface area (Å²) in [5.74, 6) is 0.673. The van der Waals surface area contributed by atoms with Crippen molar-refractivity contribution in [3.05, 3.63) is 72.8 Å². The van der Waals surface area contributed by atoms with Gasteiger partial charge in [0.25, 0.3) is 5.91 Å². The first-order chi connectivity index (χ1) is 14.7. The Morgan fingerprint density at radius 2 is 2.03 bits per heavy atom. The second kappa shape index (κ2) is 7.78. The van der Waals surface area contributed by atoms with E-state index in [0.717, 1.165) is 53.7 Å². The number of piperidine rings is 1. The summed E-state index contributed by atoms with van der Waals surface area (Å²) in [5.41, 5.74) is 5.10. The number of carbonyl (C=O) groups excluding carboxylic acids is 1. The number of carbonyl (C=O) groups is 1. The Labute approximate surface area is 175 Å². The molecule has 1 saturated heterocycles. The Bertz CT molecular complexity index is 1150. The van der Waals surface area contributed by atoms with Gasteiger partial charge in [-0.15, -0.1) is 0 Å². The molecular formula is C24H25N5O. The third kappa shape index (κ3) is 3.49. The van der Waals surface area contributed by atoms with Crippen molar-refractivity contribution >= 4 is 16.9 Å². The number of imidazole rings is 1. The minimum atomic E-state index is 0.140. The van der Waals surface area contributed by atoms with E-state index in [1.54, 1.807) is 0 Å². The molecule has 1 aliphatic heterocycles. The van der Waals surface area contributed by atoms with Crippen LogP contribution in [0.15, 0.2) is 67.3 Å². The van der Waals surface area contributed by atoms with E-state index in [-0.39, 0.29) is 11.9 Å². The lowest BCUT2D eigenvalue weighted by molar-refractivity contribution is 0.0565. The van der Waals surface area contributed by atoms with Crippen LogP contribution in [0.3, 0.4) is 0 Å². The number of aromatic amines is 1. The molecule has 6 nitrogen and oxygen atoms in total. The molecule has 2 unspecified atom stereocenters. The molecular weight excluding hydrogens is 374 g/mol. The fraction of sp³-hybridized carbons (Fsp3) is 0.292. The van der Waals surface area contributed by atoms with Crippen molar-refractivity contribution in [1.82, 2.24) is 24.6 Å². The maximum absolute atomic E-state index is 12.8. The molecule has 1 fully saturated rings. The second-order valence-corrected chi connectivity index (χ2v) is 8.19. The Morgan fingerprint density at radius 1 is 1.17 bits per heavy atom. The number of amides is 1. The summed E-state index contributed by atoms with van der Waals surface area (Å²) >= 11 is 0. The maximum Gasteiger partial charge on any atom is 0.254 e. The van der Waals surface area contributed by atoms with E-state index in [2.05, 4.69) is 44.9 Å². The molecule has 2 aromatic heterocycles. The van der Waals surface area contributed by atoms with Gasteiger partial charge in [0, 0.05) is 36.5 Å². The predicted octanol–water partition coefficient (Wildman–Crippen LogP) is 4.37. The summed E-state index contributed by atoms with van der Waals surface area (Å²) in [6, 6.07) is 16.2. The quantitative estimate of drug-likeness (QED) is 0.554. The molecule has 6 heteroatoms. The molecule has 5 rings (SSSR count). The Morgan fingerprint density at radius 3 is 2.80 bits per heavy atom. The normalized spacial score (nSPS) is 19.3. The van der Waals surface area contributed by atoms with Gasteiger partial charge in [-0.25, -0.2) is 4.98 Å². The molecule has 0 radical (unpaired) electrons. The first kappa shape index (κ1) is 18.6. The lowest BCUT2D eigenvalue weighted by Crippen LogP contribution is -2.45. The molecule has 0 aliphatic carbocycles. The van der Waals surface area contributed by atoms with Crippen LogP contribution in [0.5, 0.6) is 0 Å². The van der Waals surface area contributed by atoms with Crippen molar-refractivity contribution < 1.29 is 4.79 Å². The zero-order valence-electron chi connectivity index (χ0n) is 17.0. The van der Waals surface area contributed by atoms with E-state index in [1.165, 1.54) is 0 Å². The van der Waals surface area contributed by atoms with Gasteiger partial charge in [-0.2, -0.15) is 5.10 Å². The first-order valence-corrected chi connectivity index (χ1v) is 10.5. The molecule has 30 heavy (non-hydrogen) atoms. The van der Waals surface area contributed by atoms with Gasteiger partial charge < -0.3 is 9.47 Å². The Balaban J connectivity index is 1.28. The van der Waals surface area contributed by atoms with Gasteiger partial charge in [0.2, 0.25) is 0 Å². The average Bonchev–Trinajstić information content (AvgIpc) is 3.44. The summed E-state index contributed by atoms with van der Waals surface area (Å²) in [6.45, 7) is 3.90. The zero-order chi connectivity index (χ0) is 20.5. The van der Waals surface area contributed by atoms with Crippen molar-refractivity contribution in [3.63, 3.8) is 0 Å². The molecule has 4 aromatic rings. The topological polar surface area (TPSA) is 66.8 Å². The number of nitrogens with one attached hydrogen (secondary N) is 1. The molecule has 0 bridgehead atoms. The van der Waals surface area contributed by atoms with Gasteiger partial charge in [-0.05, 0) is 55.5 Å². The number of hydrogen-bond donors (Lipinski definition) is 1. The summed E-state index contributed by atoms with van der Waals surface area (Å²) in [6.07, 6.45) is 7.67. The smallest absolute Gasteiger partial charge is 0.254 e. The van der Waals surface area contributed by atoms with Crippen molar-refractivity contribution in [2.75, 3.05) is 6.54 Å². The SMILES string of the molecule is CC1CC(Cn2cnc3cc(-c4cn[nH]c4)ccc32)CCN1C(=O)c1ccccc1. The fourth-order valence-corrected chi connectivity index (χ4v) is 4.56. The molecule has 1 N–H and O–H groups in total. The third-order valence-electron chi connectivity index (χ3n) is 6.17. The number of aromatic nitrogens is 4.